The Bertz CT molecular complexity index is 618. The zero-order valence-electron chi connectivity index (χ0n) is 11.3. The molecule has 1 aliphatic rings. The molecule has 2 aromatic carbocycles. The Morgan fingerprint density at radius 2 is 1.84 bits per heavy atom. The molecule has 2 aromatic rings. The summed E-state index contributed by atoms with van der Waals surface area (Å²) >= 11 is 0. The van der Waals surface area contributed by atoms with E-state index < -0.39 is 0 Å². The summed E-state index contributed by atoms with van der Waals surface area (Å²) in [6.07, 6.45) is 0. The van der Waals surface area contributed by atoms with E-state index in [1.807, 2.05) is 30.0 Å². The molecule has 2 heteroatoms. The number of fused-ring (bicyclic) bond motifs is 1. The molecule has 1 aliphatic heterocycles. The normalized spacial score (nSPS) is 17.7. The van der Waals surface area contributed by atoms with Crippen LogP contribution in [0.25, 0.3) is 0 Å². The van der Waals surface area contributed by atoms with Gasteiger partial charge in [-0.15, -0.1) is 0 Å². The summed E-state index contributed by atoms with van der Waals surface area (Å²) in [6, 6.07) is 16.4. The summed E-state index contributed by atoms with van der Waals surface area (Å²) in [5, 5.41) is 0. The first-order valence-corrected chi connectivity index (χ1v) is 6.62. The number of carbonyl (C=O) groups is 1. The van der Waals surface area contributed by atoms with Crippen molar-refractivity contribution in [3.63, 3.8) is 0 Å². The van der Waals surface area contributed by atoms with Gasteiger partial charge in [-0.3, -0.25) is 4.79 Å². The van der Waals surface area contributed by atoms with Crippen LogP contribution in [-0.2, 0) is 11.3 Å². The highest BCUT2D eigenvalue weighted by molar-refractivity contribution is 6.04. The van der Waals surface area contributed by atoms with Gasteiger partial charge >= 0.3 is 0 Å². The molecule has 0 saturated heterocycles. The predicted molar refractivity (Wildman–Crippen MR) is 77.2 cm³/mol. The molecule has 19 heavy (non-hydrogen) atoms. The first kappa shape index (κ1) is 12.0. The monoisotopic (exact) mass is 251 g/mol. The SMILES string of the molecule is Cc1ccc2c(c1)C(C)C(=O)N2Cc1ccccc1. The van der Waals surface area contributed by atoms with Crippen LogP contribution >= 0.6 is 0 Å². The zero-order chi connectivity index (χ0) is 13.4. The van der Waals surface area contributed by atoms with Crippen molar-refractivity contribution in [1.82, 2.24) is 0 Å². The number of anilines is 1. The topological polar surface area (TPSA) is 20.3 Å². The Balaban J connectivity index is 1.98. The summed E-state index contributed by atoms with van der Waals surface area (Å²) in [7, 11) is 0. The molecule has 0 bridgehead atoms. The zero-order valence-corrected chi connectivity index (χ0v) is 11.3. The average molecular weight is 251 g/mol. The molecule has 1 heterocycles. The molecule has 1 unspecified atom stereocenters. The number of aryl methyl sites for hydroxylation is 1. The molecule has 0 spiro atoms. The smallest absolute Gasteiger partial charge is 0.234 e. The molecular formula is C17H17NO. The highest BCUT2D eigenvalue weighted by Crippen LogP contribution is 2.38. The van der Waals surface area contributed by atoms with Crippen molar-refractivity contribution in [2.45, 2.75) is 26.3 Å². The second-order valence-corrected chi connectivity index (χ2v) is 5.19. The molecule has 1 atom stereocenters. The highest BCUT2D eigenvalue weighted by Gasteiger charge is 2.33. The Morgan fingerprint density at radius 1 is 1.11 bits per heavy atom. The van der Waals surface area contributed by atoms with Gasteiger partial charge in [0, 0.05) is 5.69 Å². The lowest BCUT2D eigenvalue weighted by Gasteiger charge is -2.18. The van der Waals surface area contributed by atoms with E-state index in [2.05, 4.69) is 37.3 Å². The van der Waals surface area contributed by atoms with Crippen molar-refractivity contribution >= 4 is 11.6 Å². The van der Waals surface area contributed by atoms with Crippen LogP contribution in [0.1, 0.15) is 29.5 Å². The van der Waals surface area contributed by atoms with Gasteiger partial charge in [0.2, 0.25) is 5.91 Å². The standard InChI is InChI=1S/C17H17NO/c1-12-8-9-16-15(10-12)13(2)17(19)18(16)11-14-6-4-3-5-7-14/h3-10,13H,11H2,1-2H3. The minimum atomic E-state index is -0.0291. The molecular weight excluding hydrogens is 234 g/mol. The Hall–Kier alpha value is -2.09. The third kappa shape index (κ3) is 2.03. The number of hydrogen-bond acceptors (Lipinski definition) is 1. The number of nitrogens with zero attached hydrogens (tertiary/aromatic N) is 1. The van der Waals surface area contributed by atoms with Gasteiger partial charge in [0.15, 0.2) is 0 Å². The average Bonchev–Trinajstić information content (AvgIpc) is 2.65. The first-order valence-electron chi connectivity index (χ1n) is 6.62. The van der Waals surface area contributed by atoms with Crippen molar-refractivity contribution in [3.05, 3.63) is 65.2 Å². The van der Waals surface area contributed by atoms with Gasteiger partial charge in [-0.25, -0.2) is 0 Å². The van der Waals surface area contributed by atoms with Crippen molar-refractivity contribution in [2.75, 3.05) is 4.90 Å². The van der Waals surface area contributed by atoms with Crippen molar-refractivity contribution in [2.24, 2.45) is 0 Å². The Labute approximate surface area is 113 Å². The van der Waals surface area contributed by atoms with Gasteiger partial charge in [-0.2, -0.15) is 0 Å². The van der Waals surface area contributed by atoms with Gasteiger partial charge in [-0.1, -0.05) is 48.0 Å². The highest BCUT2D eigenvalue weighted by atomic mass is 16.2. The molecule has 0 radical (unpaired) electrons. The summed E-state index contributed by atoms with van der Waals surface area (Å²) < 4.78 is 0. The number of benzene rings is 2. The van der Waals surface area contributed by atoms with E-state index >= 15 is 0 Å². The summed E-state index contributed by atoms with van der Waals surface area (Å²) in [5.41, 5.74) is 4.59. The van der Waals surface area contributed by atoms with Crippen molar-refractivity contribution in [1.29, 1.82) is 0 Å². The Morgan fingerprint density at radius 3 is 2.58 bits per heavy atom. The minimum absolute atomic E-state index is 0.0291. The second-order valence-electron chi connectivity index (χ2n) is 5.19. The molecule has 0 fully saturated rings. The van der Waals surface area contributed by atoms with Crippen LogP contribution in [0.5, 0.6) is 0 Å². The molecule has 3 rings (SSSR count). The molecule has 1 amide bonds. The fourth-order valence-electron chi connectivity index (χ4n) is 2.68. The van der Waals surface area contributed by atoms with Gasteiger partial charge < -0.3 is 4.90 Å². The number of amides is 1. The fourth-order valence-corrected chi connectivity index (χ4v) is 2.68. The van der Waals surface area contributed by atoms with E-state index in [9.17, 15) is 4.79 Å². The lowest BCUT2D eigenvalue weighted by molar-refractivity contribution is -0.119. The van der Waals surface area contributed by atoms with Gasteiger partial charge in [0.05, 0.1) is 12.5 Å². The van der Waals surface area contributed by atoms with E-state index in [4.69, 9.17) is 0 Å². The van der Waals surface area contributed by atoms with E-state index in [0.29, 0.717) is 6.54 Å². The van der Waals surface area contributed by atoms with Gasteiger partial charge in [0.1, 0.15) is 0 Å². The van der Waals surface area contributed by atoms with Crippen LogP contribution in [0.15, 0.2) is 48.5 Å². The van der Waals surface area contributed by atoms with Crippen LogP contribution in [0.3, 0.4) is 0 Å². The van der Waals surface area contributed by atoms with Crippen LogP contribution in [0.4, 0.5) is 5.69 Å². The lowest BCUT2D eigenvalue weighted by Crippen LogP contribution is -2.27. The molecule has 2 nitrogen and oxygen atoms in total. The third-order valence-electron chi connectivity index (χ3n) is 3.76. The minimum Gasteiger partial charge on any atom is -0.307 e. The van der Waals surface area contributed by atoms with E-state index in [0.717, 1.165) is 16.8 Å². The lowest BCUT2D eigenvalue weighted by atomic mass is 10.0. The van der Waals surface area contributed by atoms with Crippen LogP contribution in [0, 0.1) is 6.92 Å². The largest absolute Gasteiger partial charge is 0.307 e. The van der Waals surface area contributed by atoms with E-state index in [-0.39, 0.29) is 11.8 Å². The number of carbonyl (C=O) groups excluding carboxylic acids is 1. The summed E-state index contributed by atoms with van der Waals surface area (Å²) in [6.45, 7) is 4.71. The molecule has 0 aromatic heterocycles. The molecule has 0 aliphatic carbocycles. The van der Waals surface area contributed by atoms with Crippen LogP contribution in [-0.4, -0.2) is 5.91 Å². The summed E-state index contributed by atoms with van der Waals surface area (Å²) in [5.74, 6) is 0.170. The van der Waals surface area contributed by atoms with Crippen molar-refractivity contribution in [3.8, 4) is 0 Å². The Kier molecular flexibility index (Phi) is 2.86. The van der Waals surface area contributed by atoms with Gasteiger partial charge in [0.25, 0.3) is 0 Å². The predicted octanol–water partition coefficient (Wildman–Crippen LogP) is 3.65. The van der Waals surface area contributed by atoms with Crippen LogP contribution in [0.2, 0.25) is 0 Å². The molecule has 0 N–H and O–H groups in total. The second kappa shape index (κ2) is 4.54. The first-order chi connectivity index (χ1) is 9.16. The maximum absolute atomic E-state index is 12.4. The molecule has 96 valence electrons. The maximum atomic E-state index is 12.4. The maximum Gasteiger partial charge on any atom is 0.234 e. The van der Waals surface area contributed by atoms with Gasteiger partial charge in [-0.05, 0) is 31.0 Å². The quantitative estimate of drug-likeness (QED) is 0.798. The van der Waals surface area contributed by atoms with E-state index in [1.54, 1.807) is 0 Å². The van der Waals surface area contributed by atoms with Crippen LogP contribution < -0.4 is 4.90 Å². The van der Waals surface area contributed by atoms with Crippen molar-refractivity contribution < 1.29 is 4.79 Å². The third-order valence-corrected chi connectivity index (χ3v) is 3.76. The summed E-state index contributed by atoms with van der Waals surface area (Å²) in [4.78, 5) is 14.3. The van der Waals surface area contributed by atoms with E-state index in [1.165, 1.54) is 5.56 Å². The fraction of sp³-hybridized carbons (Fsp3) is 0.235. The number of rotatable bonds is 2. The number of hydrogen-bond donors (Lipinski definition) is 0. The molecule has 0 saturated carbocycles.